The van der Waals surface area contributed by atoms with E-state index >= 15 is 0 Å². The van der Waals surface area contributed by atoms with Crippen LogP contribution in [0.2, 0.25) is 5.02 Å². The Morgan fingerprint density at radius 1 is 1.14 bits per heavy atom. The van der Waals surface area contributed by atoms with Crippen molar-refractivity contribution in [3.05, 3.63) is 59.0 Å². The number of aromatic nitrogens is 2. The summed E-state index contributed by atoms with van der Waals surface area (Å²) >= 11 is 6.34. The topological polar surface area (TPSA) is 56.1 Å². The number of hydrogen-bond acceptors (Lipinski definition) is 4. The van der Waals surface area contributed by atoms with E-state index < -0.39 is 0 Å². The maximum Gasteiger partial charge on any atom is 0.223 e. The molecular formula is C28H34ClN3O3. The van der Waals surface area contributed by atoms with Gasteiger partial charge < -0.3 is 18.8 Å². The van der Waals surface area contributed by atoms with Crippen molar-refractivity contribution < 1.29 is 14.3 Å². The molecule has 5 rings (SSSR count). The highest BCUT2D eigenvalue weighted by Gasteiger charge is 2.51. The summed E-state index contributed by atoms with van der Waals surface area (Å²) in [6.07, 6.45) is 7.34. The van der Waals surface area contributed by atoms with E-state index in [2.05, 4.69) is 30.7 Å². The Balaban J connectivity index is 1.55. The van der Waals surface area contributed by atoms with Crippen LogP contribution in [0.15, 0.2) is 42.7 Å². The molecule has 3 aromatic rings. The third kappa shape index (κ3) is 4.61. The van der Waals surface area contributed by atoms with Crippen molar-refractivity contribution in [2.24, 2.45) is 10.8 Å². The van der Waals surface area contributed by atoms with Gasteiger partial charge in [-0.25, -0.2) is 4.98 Å². The zero-order valence-electron chi connectivity index (χ0n) is 21.2. The summed E-state index contributed by atoms with van der Waals surface area (Å²) in [6, 6.07) is 9.83. The summed E-state index contributed by atoms with van der Waals surface area (Å²) in [5, 5.41) is 0.619. The Kier molecular flexibility index (Phi) is 5.99. The van der Waals surface area contributed by atoms with Crippen LogP contribution in [0.5, 0.6) is 11.5 Å². The van der Waals surface area contributed by atoms with Crippen LogP contribution >= 0.6 is 11.6 Å². The number of halogens is 1. The molecule has 0 spiro atoms. The highest BCUT2D eigenvalue weighted by atomic mass is 35.5. The van der Waals surface area contributed by atoms with Crippen LogP contribution < -0.4 is 9.47 Å². The minimum Gasteiger partial charge on any atom is -0.497 e. The van der Waals surface area contributed by atoms with Crippen molar-refractivity contribution in [2.45, 2.75) is 58.4 Å². The quantitative estimate of drug-likeness (QED) is 0.423. The third-order valence-electron chi connectivity index (χ3n) is 7.75. The number of likely N-dealkylation sites (tertiary alicyclic amines) is 1. The van der Waals surface area contributed by atoms with E-state index in [1.165, 1.54) is 0 Å². The van der Waals surface area contributed by atoms with Gasteiger partial charge in [0.15, 0.2) is 0 Å². The van der Waals surface area contributed by atoms with E-state index in [1.807, 2.05) is 47.1 Å². The molecule has 1 saturated carbocycles. The molecular weight excluding hydrogens is 462 g/mol. The molecule has 1 aromatic carbocycles. The summed E-state index contributed by atoms with van der Waals surface area (Å²) in [6.45, 7) is 7.83. The van der Waals surface area contributed by atoms with Gasteiger partial charge in [0.05, 0.1) is 24.9 Å². The number of carbonyl (C=O) groups is 1. The number of amides is 1. The average Bonchev–Trinajstić information content (AvgIpc) is 3.33. The van der Waals surface area contributed by atoms with E-state index in [-0.39, 0.29) is 22.7 Å². The second-order valence-corrected chi connectivity index (χ2v) is 11.8. The number of imidazole rings is 1. The van der Waals surface area contributed by atoms with Gasteiger partial charge in [0, 0.05) is 43.4 Å². The van der Waals surface area contributed by atoms with Gasteiger partial charge in [-0.15, -0.1) is 0 Å². The third-order valence-corrected chi connectivity index (χ3v) is 7.97. The van der Waals surface area contributed by atoms with Crippen molar-refractivity contribution >= 4 is 23.2 Å². The summed E-state index contributed by atoms with van der Waals surface area (Å²) < 4.78 is 13.1. The van der Waals surface area contributed by atoms with Gasteiger partial charge in [0.25, 0.3) is 0 Å². The number of fused-ring (bicyclic) bond motifs is 3. The minimum absolute atomic E-state index is 0.181. The number of methoxy groups -OCH3 is 2. The Labute approximate surface area is 212 Å². The molecule has 3 heterocycles. The smallest absolute Gasteiger partial charge is 0.223 e. The maximum absolute atomic E-state index is 13.9. The first-order valence-electron chi connectivity index (χ1n) is 12.2. The van der Waals surface area contributed by atoms with E-state index in [9.17, 15) is 4.79 Å². The molecule has 2 aliphatic rings. The summed E-state index contributed by atoms with van der Waals surface area (Å²) in [4.78, 5) is 20.7. The SMILES string of the molecule is COc1cc(OC)cc(C(CC(=O)N2CC3(C)CC2CC(C)(C)C3)c2cnc3ccc(Cl)cn23)c1. The Hall–Kier alpha value is -2.73. The van der Waals surface area contributed by atoms with Crippen LogP contribution in [0.4, 0.5) is 0 Å². The van der Waals surface area contributed by atoms with Gasteiger partial charge in [0.1, 0.15) is 17.1 Å². The number of rotatable bonds is 6. The molecule has 6 nitrogen and oxygen atoms in total. The number of ether oxygens (including phenoxy) is 2. The van der Waals surface area contributed by atoms with E-state index in [0.29, 0.717) is 29.0 Å². The summed E-state index contributed by atoms with van der Waals surface area (Å²) in [5.74, 6) is 1.33. The second-order valence-electron chi connectivity index (χ2n) is 11.4. The van der Waals surface area contributed by atoms with Gasteiger partial charge in [-0.2, -0.15) is 0 Å². The molecule has 0 N–H and O–H groups in total. The predicted octanol–water partition coefficient (Wildman–Crippen LogP) is 5.95. The molecule has 7 heteroatoms. The molecule has 186 valence electrons. The normalized spacial score (nSPS) is 23.9. The van der Waals surface area contributed by atoms with Crippen LogP contribution in [0.1, 0.15) is 63.6 Å². The maximum atomic E-state index is 13.9. The monoisotopic (exact) mass is 495 g/mol. The van der Waals surface area contributed by atoms with E-state index in [1.54, 1.807) is 14.2 Å². The lowest BCUT2D eigenvalue weighted by Gasteiger charge is -2.39. The first kappa shape index (κ1) is 24.0. The molecule has 3 atom stereocenters. The number of nitrogens with zero attached hydrogens (tertiary/aromatic N) is 3. The number of pyridine rings is 1. The number of carbonyl (C=O) groups excluding carboxylic acids is 1. The van der Waals surface area contributed by atoms with Crippen LogP contribution in [-0.4, -0.2) is 47.0 Å². The zero-order valence-corrected chi connectivity index (χ0v) is 21.9. The minimum atomic E-state index is -0.235. The predicted molar refractivity (Wildman–Crippen MR) is 137 cm³/mol. The number of hydrogen-bond donors (Lipinski definition) is 0. The van der Waals surface area contributed by atoms with E-state index in [4.69, 9.17) is 21.1 Å². The molecule has 1 amide bonds. The standard InChI is InChI=1S/C28H34ClN3O3/c1-27(2)12-20-13-28(3,16-27)17-32(20)26(33)11-23(18-8-21(34-4)10-22(9-18)35-5)24-14-30-25-7-6-19(29)15-31(24)25/h6-10,14-15,20,23H,11-13,16-17H2,1-5H3. The van der Waals surface area contributed by atoms with Crippen LogP contribution in [0, 0.1) is 10.8 Å². The molecule has 0 radical (unpaired) electrons. The van der Waals surface area contributed by atoms with E-state index in [0.717, 1.165) is 42.7 Å². The first-order valence-corrected chi connectivity index (χ1v) is 12.6. The summed E-state index contributed by atoms with van der Waals surface area (Å²) in [7, 11) is 3.28. The van der Waals surface area contributed by atoms with Crippen molar-refractivity contribution in [1.82, 2.24) is 14.3 Å². The molecule has 35 heavy (non-hydrogen) atoms. The van der Waals surface area contributed by atoms with Crippen molar-refractivity contribution in [3.8, 4) is 11.5 Å². The molecule has 1 aliphatic carbocycles. The molecule has 2 bridgehead atoms. The molecule has 1 aliphatic heterocycles. The van der Waals surface area contributed by atoms with Gasteiger partial charge in [-0.05, 0) is 59.9 Å². The van der Waals surface area contributed by atoms with Crippen LogP contribution in [0.3, 0.4) is 0 Å². The average molecular weight is 496 g/mol. The lowest BCUT2D eigenvalue weighted by atomic mass is 9.65. The Morgan fingerprint density at radius 3 is 2.54 bits per heavy atom. The Morgan fingerprint density at radius 2 is 1.86 bits per heavy atom. The van der Waals surface area contributed by atoms with Crippen LogP contribution in [0.25, 0.3) is 5.65 Å². The fourth-order valence-corrected chi connectivity index (χ4v) is 6.86. The molecule has 3 unspecified atom stereocenters. The fraction of sp³-hybridized carbons (Fsp3) is 0.500. The molecule has 2 fully saturated rings. The summed E-state index contributed by atoms with van der Waals surface area (Å²) in [5.41, 5.74) is 3.10. The lowest BCUT2D eigenvalue weighted by Crippen LogP contribution is -2.38. The van der Waals surface area contributed by atoms with Crippen molar-refractivity contribution in [3.63, 3.8) is 0 Å². The van der Waals surface area contributed by atoms with Crippen molar-refractivity contribution in [2.75, 3.05) is 20.8 Å². The second kappa shape index (κ2) is 8.74. The molecule has 1 saturated heterocycles. The zero-order chi connectivity index (χ0) is 25.0. The van der Waals surface area contributed by atoms with Gasteiger partial charge >= 0.3 is 0 Å². The fourth-order valence-electron chi connectivity index (χ4n) is 6.70. The lowest BCUT2D eigenvalue weighted by molar-refractivity contribution is -0.132. The van der Waals surface area contributed by atoms with Gasteiger partial charge in [-0.1, -0.05) is 32.4 Å². The Bertz CT molecular complexity index is 1250. The number of benzene rings is 1. The molecule has 2 aromatic heterocycles. The van der Waals surface area contributed by atoms with Crippen molar-refractivity contribution in [1.29, 1.82) is 0 Å². The highest BCUT2D eigenvalue weighted by molar-refractivity contribution is 6.30. The highest BCUT2D eigenvalue weighted by Crippen LogP contribution is 2.53. The largest absolute Gasteiger partial charge is 0.497 e. The van der Waals surface area contributed by atoms with Crippen LogP contribution in [-0.2, 0) is 4.79 Å². The first-order chi connectivity index (χ1) is 16.6. The van der Waals surface area contributed by atoms with Gasteiger partial charge in [-0.3, -0.25) is 4.79 Å². The van der Waals surface area contributed by atoms with Gasteiger partial charge in [0.2, 0.25) is 5.91 Å².